The molecule has 0 saturated carbocycles. The molecule has 4 rings (SSSR count). The van der Waals surface area contributed by atoms with Crippen LogP contribution in [0.3, 0.4) is 0 Å². The van der Waals surface area contributed by atoms with Gasteiger partial charge in [-0.3, -0.25) is 4.79 Å². The van der Waals surface area contributed by atoms with E-state index < -0.39 is 0 Å². The lowest BCUT2D eigenvalue weighted by atomic mass is 9.96. The van der Waals surface area contributed by atoms with Crippen LogP contribution < -0.4 is 10.6 Å². The van der Waals surface area contributed by atoms with Gasteiger partial charge in [-0.15, -0.1) is 0 Å². The summed E-state index contributed by atoms with van der Waals surface area (Å²) in [6, 6.07) is 26.8. The fourth-order valence-electron chi connectivity index (χ4n) is 3.34. The molecule has 2 N–H and O–H groups in total. The number of carbonyl (C=O) groups is 1. The van der Waals surface area contributed by atoms with Crippen molar-refractivity contribution in [3.63, 3.8) is 0 Å². The van der Waals surface area contributed by atoms with E-state index in [1.165, 1.54) is 0 Å². The van der Waals surface area contributed by atoms with Crippen molar-refractivity contribution in [3.8, 4) is 0 Å². The molecule has 1 aliphatic rings. The van der Waals surface area contributed by atoms with E-state index in [9.17, 15) is 4.79 Å². The second-order valence-electron chi connectivity index (χ2n) is 7.15. The molecule has 1 amide bonds. The van der Waals surface area contributed by atoms with E-state index in [0.29, 0.717) is 5.57 Å². The summed E-state index contributed by atoms with van der Waals surface area (Å²) in [4.78, 5) is 18.1. The van der Waals surface area contributed by atoms with Crippen molar-refractivity contribution >= 4 is 40.1 Å². The lowest BCUT2D eigenvalue weighted by molar-refractivity contribution is -0.113. The lowest BCUT2D eigenvalue weighted by Gasteiger charge is -2.26. The second kappa shape index (κ2) is 9.86. The van der Waals surface area contributed by atoms with E-state index in [2.05, 4.69) is 10.6 Å². The molecule has 0 aliphatic carbocycles. The average molecular weight is 448 g/mol. The van der Waals surface area contributed by atoms with Crippen LogP contribution in [0.25, 0.3) is 0 Å². The number of anilines is 1. The molecule has 4 nitrogen and oxygen atoms in total. The van der Waals surface area contributed by atoms with Crippen LogP contribution >= 0.6 is 23.4 Å². The summed E-state index contributed by atoms with van der Waals surface area (Å²) in [7, 11) is 0. The summed E-state index contributed by atoms with van der Waals surface area (Å²) in [5.74, 6) is 0.596. The van der Waals surface area contributed by atoms with E-state index in [4.69, 9.17) is 16.6 Å². The largest absolute Gasteiger partial charge is 0.338 e. The summed E-state index contributed by atoms with van der Waals surface area (Å²) in [6.45, 7) is 1.92. The number of allylic oxidation sites excluding steroid dienone is 1. The third-order valence-electron chi connectivity index (χ3n) is 4.90. The highest BCUT2D eigenvalue weighted by molar-refractivity contribution is 8.13. The van der Waals surface area contributed by atoms with Crippen LogP contribution in [0.4, 0.5) is 5.69 Å². The Bertz CT molecular complexity index is 1110. The third kappa shape index (κ3) is 5.37. The Balaban J connectivity index is 1.58. The van der Waals surface area contributed by atoms with Gasteiger partial charge in [-0.05, 0) is 42.3 Å². The standard InChI is InChI=1S/C25H22ClN3OS/c1-17-22(24(30)28-21-10-6-3-7-11-21)23(19-8-4-2-5-9-19)29-25(27-17)31-16-18-12-14-20(26)15-13-18/h2-15,23H,16H2,1H3,(H,27,29)(H,28,30)/t23-/m1/s1. The van der Waals surface area contributed by atoms with Gasteiger partial charge >= 0.3 is 0 Å². The SMILES string of the molecule is CC1=C(C(=O)Nc2ccccc2)[C@@H](c2ccccc2)N=C(SCc2ccc(Cl)cc2)N1. The molecule has 31 heavy (non-hydrogen) atoms. The van der Waals surface area contributed by atoms with Gasteiger partial charge < -0.3 is 10.6 Å². The van der Waals surface area contributed by atoms with Gasteiger partial charge in [0.2, 0.25) is 0 Å². The Kier molecular flexibility index (Phi) is 6.75. The topological polar surface area (TPSA) is 53.5 Å². The molecule has 0 fully saturated rings. The number of benzene rings is 3. The number of para-hydroxylation sites is 1. The van der Waals surface area contributed by atoms with Gasteiger partial charge in [0.1, 0.15) is 6.04 Å². The van der Waals surface area contributed by atoms with Crippen LogP contribution in [0.15, 0.2) is 101 Å². The highest BCUT2D eigenvalue weighted by atomic mass is 35.5. The van der Waals surface area contributed by atoms with Crippen LogP contribution in [-0.4, -0.2) is 11.1 Å². The van der Waals surface area contributed by atoms with Crippen molar-refractivity contribution in [2.45, 2.75) is 18.7 Å². The highest BCUT2D eigenvalue weighted by Gasteiger charge is 2.29. The number of hydrogen-bond donors (Lipinski definition) is 2. The summed E-state index contributed by atoms with van der Waals surface area (Å²) in [5, 5.41) is 7.83. The van der Waals surface area contributed by atoms with Gasteiger partial charge in [0.05, 0.1) is 5.57 Å². The van der Waals surface area contributed by atoms with Crippen molar-refractivity contribution < 1.29 is 4.79 Å². The number of thioether (sulfide) groups is 1. The number of hydrogen-bond acceptors (Lipinski definition) is 4. The van der Waals surface area contributed by atoms with Gasteiger partial charge in [0.25, 0.3) is 5.91 Å². The van der Waals surface area contributed by atoms with Crippen LogP contribution in [0.1, 0.15) is 24.1 Å². The number of amides is 1. The fourth-order valence-corrected chi connectivity index (χ4v) is 4.37. The quantitative estimate of drug-likeness (QED) is 0.490. The molecule has 0 aromatic heterocycles. The van der Waals surface area contributed by atoms with Gasteiger partial charge in [-0.1, -0.05) is 84.0 Å². The smallest absolute Gasteiger partial charge is 0.255 e. The maximum absolute atomic E-state index is 13.2. The van der Waals surface area contributed by atoms with Crippen LogP contribution in [-0.2, 0) is 10.5 Å². The molecular weight excluding hydrogens is 426 g/mol. The zero-order valence-electron chi connectivity index (χ0n) is 17.0. The zero-order valence-corrected chi connectivity index (χ0v) is 18.6. The van der Waals surface area contributed by atoms with Crippen molar-refractivity contribution in [2.24, 2.45) is 4.99 Å². The minimum absolute atomic E-state index is 0.157. The van der Waals surface area contributed by atoms with E-state index in [1.807, 2.05) is 91.9 Å². The normalized spacial score (nSPS) is 15.8. The summed E-state index contributed by atoms with van der Waals surface area (Å²) in [6.07, 6.45) is 0. The Morgan fingerprint density at radius 1 is 1.00 bits per heavy atom. The molecule has 0 radical (unpaired) electrons. The number of aliphatic imine (C=N–C) groups is 1. The van der Waals surface area contributed by atoms with E-state index in [-0.39, 0.29) is 11.9 Å². The predicted molar refractivity (Wildman–Crippen MR) is 130 cm³/mol. The molecule has 6 heteroatoms. The zero-order chi connectivity index (χ0) is 21.6. The first-order valence-electron chi connectivity index (χ1n) is 9.94. The summed E-state index contributed by atoms with van der Waals surface area (Å²) in [5.41, 5.74) is 4.31. The van der Waals surface area contributed by atoms with Crippen LogP contribution in [0.2, 0.25) is 5.02 Å². The van der Waals surface area contributed by atoms with E-state index in [1.54, 1.807) is 11.8 Å². The molecular formula is C25H22ClN3OS. The minimum Gasteiger partial charge on any atom is -0.338 e. The summed E-state index contributed by atoms with van der Waals surface area (Å²) < 4.78 is 0. The molecule has 1 heterocycles. The monoisotopic (exact) mass is 447 g/mol. The maximum atomic E-state index is 13.2. The molecule has 3 aromatic carbocycles. The first-order chi connectivity index (χ1) is 15.1. The molecule has 0 spiro atoms. The Morgan fingerprint density at radius 3 is 2.32 bits per heavy atom. The van der Waals surface area contributed by atoms with Gasteiger partial charge in [0.15, 0.2) is 5.17 Å². The lowest BCUT2D eigenvalue weighted by Crippen LogP contribution is -2.32. The van der Waals surface area contributed by atoms with Crippen LogP contribution in [0.5, 0.6) is 0 Å². The third-order valence-corrected chi connectivity index (χ3v) is 6.11. The van der Waals surface area contributed by atoms with Crippen LogP contribution in [0, 0.1) is 0 Å². The van der Waals surface area contributed by atoms with Crippen molar-refractivity contribution in [1.82, 2.24) is 5.32 Å². The predicted octanol–water partition coefficient (Wildman–Crippen LogP) is 6.19. The number of nitrogens with zero attached hydrogens (tertiary/aromatic N) is 1. The second-order valence-corrected chi connectivity index (χ2v) is 8.55. The highest BCUT2D eigenvalue weighted by Crippen LogP contribution is 2.33. The first-order valence-corrected chi connectivity index (χ1v) is 11.3. The van der Waals surface area contributed by atoms with Crippen molar-refractivity contribution in [2.75, 3.05) is 5.32 Å². The minimum atomic E-state index is -0.376. The molecule has 0 bridgehead atoms. The molecule has 0 saturated heterocycles. The Morgan fingerprint density at radius 2 is 1.65 bits per heavy atom. The summed E-state index contributed by atoms with van der Waals surface area (Å²) >= 11 is 7.59. The number of nitrogens with one attached hydrogen (secondary N) is 2. The fraction of sp³-hybridized carbons (Fsp3) is 0.120. The van der Waals surface area contributed by atoms with Gasteiger partial charge in [-0.2, -0.15) is 0 Å². The van der Waals surface area contributed by atoms with Gasteiger partial charge in [0, 0.05) is 22.2 Å². The molecule has 1 atom stereocenters. The van der Waals surface area contributed by atoms with E-state index >= 15 is 0 Å². The number of amidine groups is 1. The van der Waals surface area contributed by atoms with Crippen molar-refractivity contribution in [1.29, 1.82) is 0 Å². The number of rotatable bonds is 5. The van der Waals surface area contributed by atoms with Gasteiger partial charge in [-0.25, -0.2) is 4.99 Å². The average Bonchev–Trinajstić information content (AvgIpc) is 2.79. The molecule has 3 aromatic rings. The Hall–Kier alpha value is -3.02. The molecule has 1 aliphatic heterocycles. The first kappa shape index (κ1) is 21.2. The van der Waals surface area contributed by atoms with E-state index in [0.717, 1.165) is 38.5 Å². The van der Waals surface area contributed by atoms with Crippen molar-refractivity contribution in [3.05, 3.63) is 112 Å². The number of halogens is 1. The maximum Gasteiger partial charge on any atom is 0.255 e. The molecule has 0 unspecified atom stereocenters. The Labute approximate surface area is 191 Å². The number of carbonyl (C=O) groups excluding carboxylic acids is 1. The molecule has 156 valence electrons.